The van der Waals surface area contributed by atoms with Crippen molar-refractivity contribution in [3.63, 3.8) is 0 Å². The summed E-state index contributed by atoms with van der Waals surface area (Å²) >= 11 is 1.66. The van der Waals surface area contributed by atoms with E-state index >= 15 is 0 Å². The van der Waals surface area contributed by atoms with Crippen molar-refractivity contribution in [3.05, 3.63) is 29.0 Å². The fourth-order valence-electron chi connectivity index (χ4n) is 2.00. The van der Waals surface area contributed by atoms with Gasteiger partial charge in [0.1, 0.15) is 5.82 Å². The zero-order valence-electron chi connectivity index (χ0n) is 10.8. The predicted molar refractivity (Wildman–Crippen MR) is 75.5 cm³/mol. The van der Waals surface area contributed by atoms with Crippen molar-refractivity contribution in [1.29, 1.82) is 0 Å². The van der Waals surface area contributed by atoms with Crippen LogP contribution in [0.2, 0.25) is 0 Å². The summed E-state index contributed by atoms with van der Waals surface area (Å²) in [7, 11) is 0. The molecule has 0 radical (unpaired) electrons. The molecule has 0 aliphatic heterocycles. The molecule has 0 spiro atoms. The van der Waals surface area contributed by atoms with Crippen molar-refractivity contribution >= 4 is 21.6 Å². The highest BCUT2D eigenvalue weighted by molar-refractivity contribution is 7.18. The number of nitrogens with two attached hydrogens (primary N) is 1. The monoisotopic (exact) mass is 266 g/mol. The molecule has 0 saturated carbocycles. The van der Waals surface area contributed by atoms with Crippen LogP contribution >= 0.6 is 11.3 Å². The van der Waals surface area contributed by atoms with Crippen LogP contribution in [-0.4, -0.2) is 11.0 Å². The van der Waals surface area contributed by atoms with Crippen molar-refractivity contribution in [3.8, 4) is 0 Å². The van der Waals surface area contributed by atoms with Gasteiger partial charge in [0.2, 0.25) is 0 Å². The molecule has 0 bridgehead atoms. The second kappa shape index (κ2) is 5.76. The molecule has 1 heterocycles. The van der Waals surface area contributed by atoms with Crippen molar-refractivity contribution in [2.24, 2.45) is 5.73 Å². The minimum Gasteiger partial charge on any atom is -0.328 e. The highest BCUT2D eigenvalue weighted by Gasteiger charge is 2.12. The Morgan fingerprint density at radius 2 is 2.11 bits per heavy atom. The van der Waals surface area contributed by atoms with Gasteiger partial charge in [0.15, 0.2) is 0 Å². The molecule has 0 amide bonds. The smallest absolute Gasteiger partial charge is 0.125 e. The number of nitrogens with zero attached hydrogens (tertiary/aromatic N) is 1. The van der Waals surface area contributed by atoms with E-state index in [-0.39, 0.29) is 11.9 Å². The van der Waals surface area contributed by atoms with Gasteiger partial charge >= 0.3 is 0 Å². The molecule has 2 nitrogen and oxygen atoms in total. The van der Waals surface area contributed by atoms with Crippen LogP contribution in [0.5, 0.6) is 0 Å². The summed E-state index contributed by atoms with van der Waals surface area (Å²) in [6, 6.07) is 5.07. The first kappa shape index (κ1) is 13.4. The third-order valence-corrected chi connectivity index (χ3v) is 4.35. The lowest BCUT2D eigenvalue weighted by atomic mass is 10.0. The summed E-state index contributed by atoms with van der Waals surface area (Å²) < 4.78 is 14.1. The summed E-state index contributed by atoms with van der Waals surface area (Å²) in [6.07, 6.45) is 3.25. The van der Waals surface area contributed by atoms with Crippen LogP contribution in [0.1, 0.15) is 44.0 Å². The molecule has 4 heteroatoms. The summed E-state index contributed by atoms with van der Waals surface area (Å²) in [5.41, 5.74) is 6.51. The number of aromatic nitrogens is 1. The lowest BCUT2D eigenvalue weighted by Gasteiger charge is -2.09. The number of benzene rings is 1. The molecule has 0 aliphatic carbocycles. The topological polar surface area (TPSA) is 38.9 Å². The fraction of sp³-hybridized carbons (Fsp3) is 0.500. The van der Waals surface area contributed by atoms with Crippen molar-refractivity contribution in [2.45, 2.75) is 45.1 Å². The van der Waals surface area contributed by atoms with Crippen LogP contribution in [0, 0.1) is 5.82 Å². The lowest BCUT2D eigenvalue weighted by molar-refractivity contribution is 0.556. The van der Waals surface area contributed by atoms with Gasteiger partial charge in [-0.05, 0) is 31.9 Å². The van der Waals surface area contributed by atoms with Crippen molar-refractivity contribution in [2.75, 3.05) is 0 Å². The first-order valence-electron chi connectivity index (χ1n) is 6.38. The molecule has 2 unspecified atom stereocenters. The summed E-state index contributed by atoms with van der Waals surface area (Å²) in [4.78, 5) is 4.52. The van der Waals surface area contributed by atoms with E-state index in [2.05, 4.69) is 11.9 Å². The minimum atomic E-state index is -0.219. The van der Waals surface area contributed by atoms with Gasteiger partial charge in [0.05, 0.1) is 15.2 Å². The van der Waals surface area contributed by atoms with Crippen molar-refractivity contribution in [1.82, 2.24) is 4.98 Å². The Kier molecular flexibility index (Phi) is 4.30. The molecule has 2 N–H and O–H groups in total. The van der Waals surface area contributed by atoms with Gasteiger partial charge in [-0.3, -0.25) is 0 Å². The summed E-state index contributed by atoms with van der Waals surface area (Å²) in [5, 5.41) is 1.10. The van der Waals surface area contributed by atoms with E-state index in [0.717, 1.165) is 34.5 Å². The highest BCUT2D eigenvalue weighted by atomic mass is 32.1. The lowest BCUT2D eigenvalue weighted by Crippen LogP contribution is -2.14. The largest absolute Gasteiger partial charge is 0.328 e. The molecule has 1 aromatic heterocycles. The Morgan fingerprint density at radius 1 is 1.33 bits per heavy atom. The second-order valence-corrected chi connectivity index (χ2v) is 6.04. The zero-order valence-corrected chi connectivity index (χ0v) is 11.6. The molecule has 2 rings (SSSR count). The molecule has 0 fully saturated rings. The van der Waals surface area contributed by atoms with Gasteiger partial charge in [-0.15, -0.1) is 11.3 Å². The third-order valence-electron chi connectivity index (χ3n) is 3.08. The Labute approximate surface area is 111 Å². The van der Waals surface area contributed by atoms with Gasteiger partial charge < -0.3 is 5.73 Å². The maximum Gasteiger partial charge on any atom is 0.125 e. The standard InChI is InChI=1S/C14H19FN2S/c1-9(4-3-5-10(2)16)14-17-12-8-11(15)6-7-13(12)18-14/h6-10H,3-5,16H2,1-2H3. The molecule has 18 heavy (non-hydrogen) atoms. The SMILES string of the molecule is CC(N)CCCC(C)c1nc2cc(F)ccc2s1. The Hall–Kier alpha value is -1.00. The normalized spacial score (nSPS) is 14.9. The van der Waals surface area contributed by atoms with Crippen LogP contribution in [-0.2, 0) is 0 Å². The van der Waals surface area contributed by atoms with E-state index in [1.54, 1.807) is 17.4 Å². The number of fused-ring (bicyclic) bond motifs is 1. The minimum absolute atomic E-state index is 0.219. The average Bonchev–Trinajstić information content (AvgIpc) is 2.71. The van der Waals surface area contributed by atoms with E-state index in [9.17, 15) is 4.39 Å². The van der Waals surface area contributed by atoms with Gasteiger partial charge in [-0.25, -0.2) is 9.37 Å². The molecule has 2 aromatic rings. The van der Waals surface area contributed by atoms with Gasteiger partial charge in [0.25, 0.3) is 0 Å². The van der Waals surface area contributed by atoms with Crippen LogP contribution < -0.4 is 5.73 Å². The van der Waals surface area contributed by atoms with E-state index in [4.69, 9.17) is 5.73 Å². The quantitative estimate of drug-likeness (QED) is 0.886. The first-order chi connectivity index (χ1) is 8.56. The van der Waals surface area contributed by atoms with Crippen LogP contribution in [0.3, 0.4) is 0 Å². The van der Waals surface area contributed by atoms with Crippen LogP contribution in [0.4, 0.5) is 4.39 Å². The average molecular weight is 266 g/mol. The molecule has 2 atom stereocenters. The van der Waals surface area contributed by atoms with E-state index in [0.29, 0.717) is 5.92 Å². The fourth-order valence-corrected chi connectivity index (χ4v) is 3.03. The number of halogens is 1. The van der Waals surface area contributed by atoms with Gasteiger partial charge in [-0.2, -0.15) is 0 Å². The molecule has 1 aromatic carbocycles. The van der Waals surface area contributed by atoms with E-state index in [1.807, 2.05) is 6.92 Å². The third kappa shape index (κ3) is 3.27. The first-order valence-corrected chi connectivity index (χ1v) is 7.19. The van der Waals surface area contributed by atoms with E-state index < -0.39 is 0 Å². The second-order valence-electron chi connectivity index (χ2n) is 4.97. The van der Waals surface area contributed by atoms with Gasteiger partial charge in [0, 0.05) is 18.0 Å². The Morgan fingerprint density at radius 3 is 2.83 bits per heavy atom. The number of hydrogen-bond donors (Lipinski definition) is 1. The summed E-state index contributed by atoms with van der Waals surface area (Å²) in [5.74, 6) is 0.202. The van der Waals surface area contributed by atoms with Crippen LogP contribution in [0.15, 0.2) is 18.2 Å². The molecular weight excluding hydrogens is 247 g/mol. The van der Waals surface area contributed by atoms with E-state index in [1.165, 1.54) is 12.1 Å². The maximum absolute atomic E-state index is 13.1. The summed E-state index contributed by atoms with van der Waals surface area (Å²) in [6.45, 7) is 4.21. The highest BCUT2D eigenvalue weighted by Crippen LogP contribution is 2.30. The Bertz CT molecular complexity index is 521. The zero-order chi connectivity index (χ0) is 13.1. The molecule has 0 saturated heterocycles. The molecular formula is C14H19FN2S. The maximum atomic E-state index is 13.1. The molecule has 0 aliphatic rings. The predicted octanol–water partition coefficient (Wildman–Crippen LogP) is 4.06. The van der Waals surface area contributed by atoms with Crippen molar-refractivity contribution < 1.29 is 4.39 Å². The number of thiazole rings is 1. The Balaban J connectivity index is 2.06. The molecule has 98 valence electrons. The van der Waals surface area contributed by atoms with Gasteiger partial charge in [-0.1, -0.05) is 13.3 Å². The number of rotatable bonds is 5. The van der Waals surface area contributed by atoms with Crippen LogP contribution in [0.25, 0.3) is 10.2 Å². The number of hydrogen-bond acceptors (Lipinski definition) is 3.